The summed E-state index contributed by atoms with van der Waals surface area (Å²) in [4.78, 5) is 33.9. The van der Waals surface area contributed by atoms with Crippen molar-refractivity contribution in [2.24, 2.45) is 11.5 Å². The molecule has 4 N–H and O–H groups in total. The molecule has 16 heavy (non-hydrogen) atoms. The Hall–Kier alpha value is 3.96. The van der Waals surface area contributed by atoms with Gasteiger partial charge in [-0.1, -0.05) is 9.13 Å². The fourth-order valence-corrected chi connectivity index (χ4v) is 0. The van der Waals surface area contributed by atoms with Gasteiger partial charge in [0.05, 0.1) is 0 Å². The van der Waals surface area contributed by atoms with E-state index in [1.165, 1.54) is 0 Å². The Morgan fingerprint density at radius 2 is 0.750 bits per heavy atom. The molecule has 0 radical (unpaired) electrons. The van der Waals surface area contributed by atoms with E-state index in [4.69, 9.17) is 40.2 Å². The van der Waals surface area contributed by atoms with Gasteiger partial charge in [-0.05, 0) is 0 Å². The minimum atomic E-state index is -3.37. The van der Waals surface area contributed by atoms with Crippen molar-refractivity contribution in [3.63, 3.8) is 0 Å². The SMILES string of the molecule is NCCN.O=[P+]([O-])[O-].O=[P+]([O-])[O-].[Na+].[Na+].[Na+].[Na+]. The first-order chi connectivity index (χ1) is 5.38. The molecule has 0 amide bonds. The van der Waals surface area contributed by atoms with Gasteiger partial charge in [-0.15, -0.1) is 0 Å². The molecule has 0 spiro atoms. The van der Waals surface area contributed by atoms with Gasteiger partial charge in [0.2, 0.25) is 0 Å². The van der Waals surface area contributed by atoms with Gasteiger partial charge in [-0.3, -0.25) is 0 Å². The normalized spacial score (nSPS) is 5.12. The molecule has 0 aliphatic heterocycles. The van der Waals surface area contributed by atoms with Crippen LogP contribution >= 0.6 is 16.5 Å². The molecule has 0 atom stereocenters. The average Bonchev–Trinajstić information content (AvgIpc) is 1.85. The summed E-state index contributed by atoms with van der Waals surface area (Å²) in [6.07, 6.45) is 0. The molecule has 0 aromatic heterocycles. The fraction of sp³-hybridized carbons (Fsp3) is 1.00. The molecule has 8 nitrogen and oxygen atoms in total. The fourth-order valence-electron chi connectivity index (χ4n) is 0. The molecule has 0 saturated carbocycles. The van der Waals surface area contributed by atoms with Crippen molar-refractivity contribution in [3.05, 3.63) is 0 Å². The first-order valence-electron chi connectivity index (χ1n) is 2.41. The average molecular weight is 310 g/mol. The molecule has 0 bridgehead atoms. The van der Waals surface area contributed by atoms with E-state index < -0.39 is 16.5 Å². The third kappa shape index (κ3) is 210. The van der Waals surface area contributed by atoms with Gasteiger partial charge in [-0.2, -0.15) is 0 Å². The van der Waals surface area contributed by atoms with Crippen LogP contribution in [0, 0.1) is 0 Å². The van der Waals surface area contributed by atoms with Crippen LogP contribution < -0.4 is 149 Å². The van der Waals surface area contributed by atoms with Crippen LogP contribution in [0.5, 0.6) is 0 Å². The number of hydrogen-bond donors (Lipinski definition) is 2. The standard InChI is InChI=1S/C2H8N2.4Na.2HO3P/c3-1-2-4;;;;;2*1-4(2)3/h1-4H2;;;;;2*(H,1,2,3)/q;4*+1;;/p-2. The molecular formula is C2H8N2Na4O6P2+2. The van der Waals surface area contributed by atoms with Crippen LogP contribution in [0.2, 0.25) is 0 Å². The minimum absolute atomic E-state index is 0. The summed E-state index contributed by atoms with van der Waals surface area (Å²) in [6.45, 7) is 1.19. The van der Waals surface area contributed by atoms with Crippen molar-refractivity contribution in [1.82, 2.24) is 0 Å². The van der Waals surface area contributed by atoms with Gasteiger partial charge >= 0.3 is 118 Å². The Bertz CT molecular complexity index is 111. The molecule has 0 heterocycles. The van der Waals surface area contributed by atoms with E-state index in [1.807, 2.05) is 0 Å². The summed E-state index contributed by atoms with van der Waals surface area (Å²) in [6, 6.07) is 0. The van der Waals surface area contributed by atoms with Crippen LogP contribution in [-0.4, -0.2) is 13.1 Å². The zero-order valence-electron chi connectivity index (χ0n) is 9.91. The Morgan fingerprint density at radius 1 is 0.688 bits per heavy atom. The zero-order valence-corrected chi connectivity index (χ0v) is 19.7. The van der Waals surface area contributed by atoms with E-state index >= 15 is 0 Å². The van der Waals surface area contributed by atoms with Crippen molar-refractivity contribution in [2.75, 3.05) is 13.1 Å². The van der Waals surface area contributed by atoms with E-state index in [0.717, 1.165) is 0 Å². The summed E-state index contributed by atoms with van der Waals surface area (Å²) in [5, 5.41) is 0. The number of rotatable bonds is 1. The van der Waals surface area contributed by atoms with Gasteiger partial charge in [-0.25, -0.2) is 0 Å². The molecule has 0 unspecified atom stereocenters. The number of hydrogen-bond acceptors (Lipinski definition) is 8. The second kappa shape index (κ2) is 42.8. The van der Waals surface area contributed by atoms with E-state index in [2.05, 4.69) is 0 Å². The quantitative estimate of drug-likeness (QED) is 0.354. The van der Waals surface area contributed by atoms with Crippen molar-refractivity contribution in [2.45, 2.75) is 0 Å². The van der Waals surface area contributed by atoms with Crippen LogP contribution in [0.3, 0.4) is 0 Å². The van der Waals surface area contributed by atoms with E-state index in [1.54, 1.807) is 0 Å². The van der Waals surface area contributed by atoms with Gasteiger partial charge in [0.25, 0.3) is 16.5 Å². The van der Waals surface area contributed by atoms with Crippen molar-refractivity contribution < 1.29 is 147 Å². The topological polar surface area (TPSA) is 178 Å². The van der Waals surface area contributed by atoms with E-state index in [9.17, 15) is 0 Å². The summed E-state index contributed by atoms with van der Waals surface area (Å²) >= 11 is 0. The van der Waals surface area contributed by atoms with Crippen LogP contribution in [0.25, 0.3) is 0 Å². The predicted octanol–water partition coefficient (Wildman–Crippen LogP) is -16.4. The Morgan fingerprint density at radius 3 is 0.750 bits per heavy atom. The minimum Gasteiger partial charge on any atom is -0.598 e. The van der Waals surface area contributed by atoms with Crippen molar-refractivity contribution >= 4 is 16.5 Å². The maximum Gasteiger partial charge on any atom is 1.00 e. The summed E-state index contributed by atoms with van der Waals surface area (Å²) < 4.78 is 17.0. The summed E-state index contributed by atoms with van der Waals surface area (Å²) in [5.41, 5.74) is 9.81. The second-order valence-corrected chi connectivity index (χ2v) is 1.92. The first-order valence-corrected chi connectivity index (χ1v) is 4.60. The largest absolute Gasteiger partial charge is 1.00 e. The Balaban J connectivity index is -0.0000000135. The molecule has 0 aromatic carbocycles. The van der Waals surface area contributed by atoms with Gasteiger partial charge < -0.3 is 31.0 Å². The van der Waals surface area contributed by atoms with Crippen LogP contribution in [-0.2, 0) is 9.13 Å². The molecule has 0 rings (SSSR count). The van der Waals surface area contributed by atoms with Crippen molar-refractivity contribution in [1.29, 1.82) is 0 Å². The van der Waals surface area contributed by atoms with E-state index in [-0.39, 0.29) is 118 Å². The molecule has 0 fully saturated rings. The smallest absolute Gasteiger partial charge is 0.598 e. The van der Waals surface area contributed by atoms with Gasteiger partial charge in [0.1, 0.15) is 0 Å². The van der Waals surface area contributed by atoms with Crippen LogP contribution in [0.1, 0.15) is 0 Å². The molecule has 0 aliphatic carbocycles. The molecule has 0 aromatic rings. The maximum absolute atomic E-state index is 8.48. The molecule has 14 heteroatoms. The Labute approximate surface area is 184 Å². The molecule has 0 saturated heterocycles. The van der Waals surface area contributed by atoms with E-state index in [0.29, 0.717) is 13.1 Å². The van der Waals surface area contributed by atoms with Crippen LogP contribution in [0.4, 0.5) is 0 Å². The van der Waals surface area contributed by atoms with Crippen LogP contribution in [0.15, 0.2) is 0 Å². The van der Waals surface area contributed by atoms with Crippen molar-refractivity contribution in [3.8, 4) is 0 Å². The van der Waals surface area contributed by atoms with Gasteiger partial charge in [0, 0.05) is 13.1 Å². The monoisotopic (exact) mass is 310 g/mol. The second-order valence-electron chi connectivity index (χ2n) is 1.02. The Kier molecular flexibility index (Phi) is 114. The first kappa shape index (κ1) is 42.7. The molecule has 0 aliphatic rings. The summed E-state index contributed by atoms with van der Waals surface area (Å²) in [5.74, 6) is 0. The molecule has 74 valence electrons. The third-order valence-corrected chi connectivity index (χ3v) is 0.167. The zero-order chi connectivity index (χ0) is 10.6. The number of nitrogens with two attached hydrogens (primary N) is 2. The van der Waals surface area contributed by atoms with Gasteiger partial charge in [0.15, 0.2) is 0 Å². The third-order valence-electron chi connectivity index (χ3n) is 0.167. The predicted molar refractivity (Wildman–Crippen MR) is 33.3 cm³/mol. The maximum atomic E-state index is 8.48. The summed E-state index contributed by atoms with van der Waals surface area (Å²) in [7, 11) is -6.74. The molecular weight excluding hydrogens is 302 g/mol.